The zero-order valence-electron chi connectivity index (χ0n) is 11.5. The molecule has 2 nitrogen and oxygen atoms in total. The SMILES string of the molecule is O=C1C=C(Oc2ccc(F)cc2)c2ccccc2CCC1. The highest BCUT2D eigenvalue weighted by molar-refractivity contribution is 5.96. The van der Waals surface area contributed by atoms with Crippen LogP contribution < -0.4 is 4.74 Å². The number of carbonyl (C=O) groups is 1. The van der Waals surface area contributed by atoms with Gasteiger partial charge in [-0.3, -0.25) is 4.79 Å². The van der Waals surface area contributed by atoms with Gasteiger partial charge in [0, 0.05) is 18.1 Å². The van der Waals surface area contributed by atoms with Crippen molar-refractivity contribution < 1.29 is 13.9 Å². The maximum Gasteiger partial charge on any atom is 0.159 e. The van der Waals surface area contributed by atoms with Crippen LogP contribution in [0.2, 0.25) is 0 Å². The molecule has 106 valence electrons. The Morgan fingerprint density at radius 2 is 1.71 bits per heavy atom. The zero-order valence-corrected chi connectivity index (χ0v) is 11.5. The van der Waals surface area contributed by atoms with Gasteiger partial charge >= 0.3 is 0 Å². The van der Waals surface area contributed by atoms with Crippen molar-refractivity contribution in [1.29, 1.82) is 0 Å². The average Bonchev–Trinajstić information content (AvgIpc) is 2.48. The predicted octanol–water partition coefficient (Wildman–Crippen LogP) is 4.15. The van der Waals surface area contributed by atoms with E-state index in [0.717, 1.165) is 18.4 Å². The first kappa shape index (κ1) is 13.6. The van der Waals surface area contributed by atoms with Crippen LogP contribution in [-0.2, 0) is 11.2 Å². The van der Waals surface area contributed by atoms with Gasteiger partial charge in [0.25, 0.3) is 0 Å². The molecule has 2 aromatic rings. The van der Waals surface area contributed by atoms with E-state index in [9.17, 15) is 9.18 Å². The molecule has 0 atom stereocenters. The number of aryl methyl sites for hydroxylation is 1. The van der Waals surface area contributed by atoms with Crippen molar-refractivity contribution in [2.75, 3.05) is 0 Å². The Hall–Kier alpha value is -2.42. The number of fused-ring (bicyclic) bond motifs is 1. The second kappa shape index (κ2) is 5.92. The number of benzene rings is 2. The van der Waals surface area contributed by atoms with Crippen LogP contribution in [0, 0.1) is 5.82 Å². The Bertz CT molecular complexity index is 687. The number of ketones is 1. The smallest absolute Gasteiger partial charge is 0.159 e. The van der Waals surface area contributed by atoms with Crippen molar-refractivity contribution >= 4 is 11.5 Å². The molecule has 21 heavy (non-hydrogen) atoms. The summed E-state index contributed by atoms with van der Waals surface area (Å²) in [6.45, 7) is 0. The van der Waals surface area contributed by atoms with Gasteiger partial charge in [0.2, 0.25) is 0 Å². The van der Waals surface area contributed by atoms with E-state index < -0.39 is 0 Å². The normalized spacial score (nSPS) is 14.7. The molecule has 2 aromatic carbocycles. The van der Waals surface area contributed by atoms with Crippen LogP contribution in [0.4, 0.5) is 4.39 Å². The van der Waals surface area contributed by atoms with Crippen molar-refractivity contribution in [3.05, 3.63) is 71.6 Å². The van der Waals surface area contributed by atoms with Crippen LogP contribution in [-0.4, -0.2) is 5.78 Å². The van der Waals surface area contributed by atoms with Gasteiger partial charge < -0.3 is 4.74 Å². The Kier molecular flexibility index (Phi) is 3.82. The molecule has 0 saturated heterocycles. The maximum atomic E-state index is 13.0. The second-order valence-corrected chi connectivity index (χ2v) is 5.04. The van der Waals surface area contributed by atoms with Gasteiger partial charge in [-0.15, -0.1) is 0 Å². The monoisotopic (exact) mass is 282 g/mol. The van der Waals surface area contributed by atoms with Crippen LogP contribution >= 0.6 is 0 Å². The van der Waals surface area contributed by atoms with Gasteiger partial charge in [-0.05, 0) is 42.7 Å². The van der Waals surface area contributed by atoms with Crippen LogP contribution in [0.1, 0.15) is 24.0 Å². The van der Waals surface area contributed by atoms with Gasteiger partial charge in [-0.1, -0.05) is 24.3 Å². The lowest BCUT2D eigenvalue weighted by Crippen LogP contribution is -2.07. The third-order valence-corrected chi connectivity index (χ3v) is 3.49. The van der Waals surface area contributed by atoms with Crippen molar-refractivity contribution in [1.82, 2.24) is 0 Å². The summed E-state index contributed by atoms with van der Waals surface area (Å²) in [5.41, 5.74) is 2.09. The summed E-state index contributed by atoms with van der Waals surface area (Å²) in [7, 11) is 0. The van der Waals surface area contributed by atoms with Crippen molar-refractivity contribution in [2.45, 2.75) is 19.3 Å². The molecule has 0 N–H and O–H groups in total. The first-order valence-corrected chi connectivity index (χ1v) is 6.98. The average molecular weight is 282 g/mol. The van der Waals surface area contributed by atoms with E-state index in [2.05, 4.69) is 0 Å². The molecule has 3 heteroatoms. The van der Waals surface area contributed by atoms with E-state index in [0.29, 0.717) is 17.9 Å². The molecule has 0 radical (unpaired) electrons. The first-order chi connectivity index (χ1) is 10.2. The van der Waals surface area contributed by atoms with Gasteiger partial charge in [-0.25, -0.2) is 4.39 Å². The van der Waals surface area contributed by atoms with Crippen LogP contribution in [0.5, 0.6) is 5.75 Å². The molecular formula is C18H15FO2. The predicted molar refractivity (Wildman–Crippen MR) is 79.4 cm³/mol. The van der Waals surface area contributed by atoms with Crippen molar-refractivity contribution in [2.24, 2.45) is 0 Å². The molecule has 1 aliphatic carbocycles. The summed E-state index contributed by atoms with van der Waals surface area (Å²) < 4.78 is 18.8. The third-order valence-electron chi connectivity index (χ3n) is 3.49. The molecule has 3 rings (SSSR count). The second-order valence-electron chi connectivity index (χ2n) is 5.04. The number of allylic oxidation sites excluding steroid dienone is 1. The molecule has 0 fully saturated rings. The summed E-state index contributed by atoms with van der Waals surface area (Å²) in [5.74, 6) is 0.792. The lowest BCUT2D eigenvalue weighted by atomic mass is 9.96. The van der Waals surface area contributed by atoms with Crippen molar-refractivity contribution in [3.8, 4) is 5.75 Å². The van der Waals surface area contributed by atoms with Crippen LogP contribution in [0.15, 0.2) is 54.6 Å². The van der Waals surface area contributed by atoms with Crippen LogP contribution in [0.3, 0.4) is 0 Å². The van der Waals surface area contributed by atoms with Gasteiger partial charge in [0.15, 0.2) is 5.78 Å². The fraction of sp³-hybridized carbons (Fsp3) is 0.167. The van der Waals surface area contributed by atoms with Gasteiger partial charge in [0.1, 0.15) is 17.3 Å². The number of ether oxygens (including phenoxy) is 1. The summed E-state index contributed by atoms with van der Waals surface area (Å²) in [4.78, 5) is 11.9. The van der Waals surface area contributed by atoms with E-state index in [1.54, 1.807) is 18.2 Å². The molecular weight excluding hydrogens is 267 g/mol. The fourth-order valence-corrected chi connectivity index (χ4v) is 2.44. The maximum absolute atomic E-state index is 13.0. The molecule has 0 spiro atoms. The molecule has 0 amide bonds. The fourth-order valence-electron chi connectivity index (χ4n) is 2.44. The van der Waals surface area contributed by atoms with E-state index in [1.165, 1.54) is 17.7 Å². The topological polar surface area (TPSA) is 26.3 Å². The Morgan fingerprint density at radius 1 is 0.952 bits per heavy atom. The van der Waals surface area contributed by atoms with E-state index in [-0.39, 0.29) is 11.6 Å². The minimum absolute atomic E-state index is 0.0571. The summed E-state index contributed by atoms with van der Waals surface area (Å²) in [6.07, 6.45) is 3.76. The summed E-state index contributed by atoms with van der Waals surface area (Å²) in [5, 5.41) is 0. The number of halogens is 1. The van der Waals surface area contributed by atoms with E-state index in [4.69, 9.17) is 4.74 Å². The lowest BCUT2D eigenvalue weighted by Gasteiger charge is -2.16. The Labute approximate surface area is 122 Å². The number of hydrogen-bond acceptors (Lipinski definition) is 2. The highest BCUT2D eigenvalue weighted by Crippen LogP contribution is 2.27. The Morgan fingerprint density at radius 3 is 2.52 bits per heavy atom. The zero-order chi connectivity index (χ0) is 14.7. The number of rotatable bonds is 2. The van der Waals surface area contributed by atoms with Crippen LogP contribution in [0.25, 0.3) is 5.76 Å². The summed E-state index contributed by atoms with van der Waals surface area (Å²) >= 11 is 0. The molecule has 0 aromatic heterocycles. The highest BCUT2D eigenvalue weighted by Gasteiger charge is 2.15. The lowest BCUT2D eigenvalue weighted by molar-refractivity contribution is -0.114. The van der Waals surface area contributed by atoms with Gasteiger partial charge in [0.05, 0.1) is 0 Å². The molecule has 0 aliphatic heterocycles. The number of carbonyl (C=O) groups excluding carboxylic acids is 1. The number of hydrogen-bond donors (Lipinski definition) is 0. The highest BCUT2D eigenvalue weighted by atomic mass is 19.1. The summed E-state index contributed by atoms with van der Waals surface area (Å²) in [6, 6.07) is 13.7. The molecule has 1 aliphatic rings. The van der Waals surface area contributed by atoms with Crippen molar-refractivity contribution in [3.63, 3.8) is 0 Å². The molecule has 0 unspecified atom stereocenters. The first-order valence-electron chi connectivity index (χ1n) is 6.98. The molecule has 0 saturated carbocycles. The quantitative estimate of drug-likeness (QED) is 0.827. The largest absolute Gasteiger partial charge is 0.457 e. The van der Waals surface area contributed by atoms with Gasteiger partial charge in [-0.2, -0.15) is 0 Å². The Balaban J connectivity index is 1.99. The minimum Gasteiger partial charge on any atom is -0.457 e. The van der Waals surface area contributed by atoms with E-state index in [1.807, 2.05) is 24.3 Å². The minimum atomic E-state index is -0.314. The third kappa shape index (κ3) is 3.19. The standard InChI is InChI=1S/C18H15FO2/c19-14-8-10-16(11-9-14)21-18-12-15(20)6-3-5-13-4-1-2-7-17(13)18/h1-2,4,7-12H,3,5-6H2. The molecule has 0 bridgehead atoms. The molecule has 0 heterocycles. The van der Waals surface area contributed by atoms with E-state index >= 15 is 0 Å².